The third-order valence-electron chi connectivity index (χ3n) is 5.15. The first kappa shape index (κ1) is 18.4. The second kappa shape index (κ2) is 7.59. The summed E-state index contributed by atoms with van der Waals surface area (Å²) >= 11 is 0. The molecule has 1 saturated heterocycles. The molecule has 6 nitrogen and oxygen atoms in total. The molecule has 1 fully saturated rings. The number of nitrogens with one attached hydrogen (secondary N) is 1. The van der Waals surface area contributed by atoms with E-state index in [2.05, 4.69) is 5.32 Å². The highest BCUT2D eigenvalue weighted by molar-refractivity contribution is 5.83. The molecule has 7 heteroatoms. The first-order chi connectivity index (χ1) is 13.5. The van der Waals surface area contributed by atoms with E-state index in [4.69, 9.17) is 9.15 Å². The summed E-state index contributed by atoms with van der Waals surface area (Å²) in [5.74, 6) is -1.26. The van der Waals surface area contributed by atoms with Crippen molar-refractivity contribution < 1.29 is 18.3 Å². The molecular weight excluding hydrogens is 363 g/mol. The molecule has 0 spiro atoms. The van der Waals surface area contributed by atoms with E-state index in [-0.39, 0.29) is 17.8 Å². The van der Waals surface area contributed by atoms with Crippen LogP contribution in [0.5, 0.6) is 0 Å². The Morgan fingerprint density at radius 2 is 1.96 bits per heavy atom. The van der Waals surface area contributed by atoms with Crippen LogP contribution in [0.15, 0.2) is 57.7 Å². The van der Waals surface area contributed by atoms with Gasteiger partial charge in [-0.15, -0.1) is 0 Å². The number of nitrogens with zero attached hydrogens (tertiary/aromatic N) is 1. The molecule has 28 heavy (non-hydrogen) atoms. The van der Waals surface area contributed by atoms with Crippen molar-refractivity contribution in [1.29, 1.82) is 0 Å². The first-order valence-corrected chi connectivity index (χ1v) is 9.32. The largest absolute Gasteiger partial charge is 0.420 e. The summed E-state index contributed by atoms with van der Waals surface area (Å²) in [5.41, 5.74) is 1.75. The highest BCUT2D eigenvalue weighted by atomic mass is 19.1. The van der Waals surface area contributed by atoms with Crippen molar-refractivity contribution in [1.82, 2.24) is 9.88 Å². The number of halogens is 1. The van der Waals surface area contributed by atoms with Gasteiger partial charge in [-0.2, -0.15) is 0 Å². The van der Waals surface area contributed by atoms with E-state index in [1.807, 2.05) is 0 Å². The Labute approximate surface area is 160 Å². The van der Waals surface area contributed by atoms with Gasteiger partial charge in [0.15, 0.2) is 5.58 Å². The molecule has 3 unspecified atom stereocenters. The Kier molecular flexibility index (Phi) is 5.00. The summed E-state index contributed by atoms with van der Waals surface area (Å²) in [4.78, 5) is 25.3. The van der Waals surface area contributed by atoms with E-state index in [0.29, 0.717) is 17.7 Å². The predicted octanol–water partition coefficient (Wildman–Crippen LogP) is 3.33. The van der Waals surface area contributed by atoms with Crippen LogP contribution in [0.4, 0.5) is 4.39 Å². The Balaban J connectivity index is 1.62. The van der Waals surface area contributed by atoms with Crippen molar-refractivity contribution in [2.75, 3.05) is 6.61 Å². The van der Waals surface area contributed by atoms with Gasteiger partial charge in [0.2, 0.25) is 5.91 Å². The highest BCUT2D eigenvalue weighted by Crippen LogP contribution is 2.28. The van der Waals surface area contributed by atoms with Crippen LogP contribution in [-0.2, 0) is 9.53 Å². The Bertz CT molecular complexity index is 1030. The zero-order valence-electron chi connectivity index (χ0n) is 15.4. The van der Waals surface area contributed by atoms with Crippen LogP contribution in [0.25, 0.3) is 11.1 Å². The average Bonchev–Trinajstić information content (AvgIpc) is 3.33. The maximum atomic E-state index is 13.3. The van der Waals surface area contributed by atoms with Gasteiger partial charge in [-0.3, -0.25) is 9.36 Å². The molecule has 3 aromatic rings. The van der Waals surface area contributed by atoms with Crippen molar-refractivity contribution >= 4 is 17.0 Å². The molecule has 2 heterocycles. The molecular formula is C21H21FN2O4. The van der Waals surface area contributed by atoms with Gasteiger partial charge in [0, 0.05) is 6.61 Å². The molecule has 3 atom stereocenters. The van der Waals surface area contributed by atoms with Gasteiger partial charge in [0.1, 0.15) is 11.9 Å². The minimum Gasteiger partial charge on any atom is -0.408 e. The molecule has 146 valence electrons. The second-order valence-electron chi connectivity index (χ2n) is 6.97. The number of carbonyl (C=O) groups excluding carboxylic acids is 1. The third-order valence-corrected chi connectivity index (χ3v) is 5.15. The SMILES string of the molecule is CC(C(=O)NC(c1ccc(F)cc1)C1CCCO1)n1c(=O)oc2ccccc21. The zero-order chi connectivity index (χ0) is 19.7. The molecule has 0 aliphatic carbocycles. The zero-order valence-corrected chi connectivity index (χ0v) is 15.4. The average molecular weight is 384 g/mol. The summed E-state index contributed by atoms with van der Waals surface area (Å²) in [6.45, 7) is 2.27. The molecule has 2 aromatic carbocycles. The number of carbonyl (C=O) groups is 1. The minimum absolute atomic E-state index is 0.195. The highest BCUT2D eigenvalue weighted by Gasteiger charge is 2.31. The summed E-state index contributed by atoms with van der Waals surface area (Å²) < 4.78 is 25.7. The Morgan fingerprint density at radius 3 is 2.68 bits per heavy atom. The Morgan fingerprint density at radius 1 is 1.21 bits per heavy atom. The van der Waals surface area contributed by atoms with Crippen molar-refractivity contribution in [3.8, 4) is 0 Å². The number of amides is 1. The summed E-state index contributed by atoms with van der Waals surface area (Å²) in [5, 5.41) is 2.99. The number of fused-ring (bicyclic) bond motifs is 1. The topological polar surface area (TPSA) is 73.5 Å². The van der Waals surface area contributed by atoms with Gasteiger partial charge < -0.3 is 14.5 Å². The lowest BCUT2D eigenvalue weighted by molar-refractivity contribution is -0.125. The predicted molar refractivity (Wildman–Crippen MR) is 101 cm³/mol. The number of oxazole rings is 1. The number of aromatic nitrogens is 1. The molecule has 4 rings (SSSR count). The van der Waals surface area contributed by atoms with Crippen molar-refractivity contribution in [3.63, 3.8) is 0 Å². The van der Waals surface area contributed by atoms with E-state index >= 15 is 0 Å². The van der Waals surface area contributed by atoms with E-state index in [1.54, 1.807) is 43.3 Å². The fraction of sp³-hybridized carbons (Fsp3) is 0.333. The number of benzene rings is 2. The van der Waals surface area contributed by atoms with Crippen LogP contribution in [-0.4, -0.2) is 23.2 Å². The lowest BCUT2D eigenvalue weighted by Crippen LogP contribution is -2.40. The smallest absolute Gasteiger partial charge is 0.408 e. The maximum Gasteiger partial charge on any atom is 0.420 e. The van der Waals surface area contributed by atoms with Crippen LogP contribution in [0.1, 0.15) is 37.4 Å². The van der Waals surface area contributed by atoms with Crippen molar-refractivity contribution in [2.45, 2.75) is 38.0 Å². The molecule has 1 aromatic heterocycles. The molecule has 1 aliphatic heterocycles. The summed E-state index contributed by atoms with van der Waals surface area (Å²) in [7, 11) is 0. The Hall–Kier alpha value is -2.93. The number of para-hydroxylation sites is 2. The molecule has 0 bridgehead atoms. The van der Waals surface area contributed by atoms with Crippen LogP contribution in [0.3, 0.4) is 0 Å². The monoisotopic (exact) mass is 384 g/mol. The molecule has 1 N–H and O–H groups in total. The molecule has 1 amide bonds. The second-order valence-corrected chi connectivity index (χ2v) is 6.97. The fourth-order valence-corrected chi connectivity index (χ4v) is 3.67. The lowest BCUT2D eigenvalue weighted by Gasteiger charge is -2.26. The number of ether oxygens (including phenoxy) is 1. The number of hydrogen-bond acceptors (Lipinski definition) is 4. The van der Waals surface area contributed by atoms with Gasteiger partial charge in [-0.25, -0.2) is 9.18 Å². The molecule has 0 radical (unpaired) electrons. The normalized spacial score (nSPS) is 18.9. The van der Waals surface area contributed by atoms with Crippen LogP contribution in [0, 0.1) is 5.82 Å². The van der Waals surface area contributed by atoms with Crippen LogP contribution >= 0.6 is 0 Å². The van der Waals surface area contributed by atoms with Crippen LogP contribution in [0.2, 0.25) is 0 Å². The summed E-state index contributed by atoms with van der Waals surface area (Å²) in [6, 6.07) is 11.8. The van der Waals surface area contributed by atoms with Gasteiger partial charge in [-0.05, 0) is 49.6 Å². The first-order valence-electron chi connectivity index (χ1n) is 9.32. The molecule has 0 saturated carbocycles. The van der Waals surface area contributed by atoms with E-state index < -0.39 is 17.8 Å². The summed E-state index contributed by atoms with van der Waals surface area (Å²) in [6.07, 6.45) is 1.50. The van der Waals surface area contributed by atoms with Crippen LogP contribution < -0.4 is 11.1 Å². The van der Waals surface area contributed by atoms with E-state index in [0.717, 1.165) is 18.4 Å². The lowest BCUT2D eigenvalue weighted by atomic mass is 9.99. The third kappa shape index (κ3) is 3.45. The fourth-order valence-electron chi connectivity index (χ4n) is 3.67. The van der Waals surface area contributed by atoms with Gasteiger partial charge in [0.25, 0.3) is 0 Å². The van der Waals surface area contributed by atoms with Gasteiger partial charge in [0.05, 0.1) is 17.7 Å². The van der Waals surface area contributed by atoms with Gasteiger partial charge in [-0.1, -0.05) is 24.3 Å². The quantitative estimate of drug-likeness (QED) is 0.732. The standard InChI is InChI=1S/C21H21FN2O4/c1-13(24-16-5-2-3-6-17(16)28-21(24)26)20(25)23-19(18-7-4-12-27-18)14-8-10-15(22)11-9-14/h2-3,5-6,8-11,13,18-19H,4,7,12H2,1H3,(H,23,25). The van der Waals surface area contributed by atoms with Gasteiger partial charge >= 0.3 is 5.76 Å². The van der Waals surface area contributed by atoms with E-state index in [1.165, 1.54) is 16.7 Å². The number of rotatable bonds is 5. The molecule has 1 aliphatic rings. The minimum atomic E-state index is -0.777. The maximum absolute atomic E-state index is 13.3. The number of hydrogen-bond donors (Lipinski definition) is 1. The van der Waals surface area contributed by atoms with Crippen molar-refractivity contribution in [2.24, 2.45) is 0 Å². The van der Waals surface area contributed by atoms with E-state index in [9.17, 15) is 14.0 Å². The van der Waals surface area contributed by atoms with Crippen molar-refractivity contribution in [3.05, 3.63) is 70.5 Å².